The van der Waals surface area contributed by atoms with E-state index >= 15 is 0 Å². The van der Waals surface area contributed by atoms with E-state index in [9.17, 15) is 4.79 Å². The number of piperidine rings is 1. The van der Waals surface area contributed by atoms with Crippen molar-refractivity contribution in [2.24, 2.45) is 0 Å². The van der Waals surface area contributed by atoms with Gasteiger partial charge >= 0.3 is 0 Å². The quantitative estimate of drug-likeness (QED) is 0.877. The second-order valence-electron chi connectivity index (χ2n) is 7.20. The average Bonchev–Trinajstić information content (AvgIpc) is 3.38. The normalized spacial score (nSPS) is 21.2. The summed E-state index contributed by atoms with van der Waals surface area (Å²) in [6.07, 6.45) is 5.87. The lowest BCUT2D eigenvalue weighted by molar-refractivity contribution is 0.0899. The number of aromatic nitrogens is 1. The summed E-state index contributed by atoms with van der Waals surface area (Å²) in [4.78, 5) is 14.8. The third-order valence-electron chi connectivity index (χ3n) is 5.22. The topological polar surface area (TPSA) is 58.4 Å². The lowest BCUT2D eigenvalue weighted by Crippen LogP contribution is -2.46. The summed E-state index contributed by atoms with van der Waals surface area (Å²) in [5.74, 6) is 1.21. The molecule has 2 fully saturated rings. The van der Waals surface area contributed by atoms with Gasteiger partial charge in [-0.1, -0.05) is 41.9 Å². The Bertz CT molecular complexity index is 709. The fourth-order valence-corrected chi connectivity index (χ4v) is 3.57. The van der Waals surface area contributed by atoms with Gasteiger partial charge in [0.1, 0.15) is 5.76 Å². The van der Waals surface area contributed by atoms with Gasteiger partial charge in [-0.05, 0) is 37.8 Å². The van der Waals surface area contributed by atoms with Gasteiger partial charge in [-0.2, -0.15) is 0 Å². The van der Waals surface area contributed by atoms with E-state index < -0.39 is 0 Å². The van der Waals surface area contributed by atoms with E-state index in [2.05, 4.69) is 39.6 Å². The van der Waals surface area contributed by atoms with Crippen LogP contribution in [0, 0.1) is 0 Å². The maximum absolute atomic E-state index is 12.4. The molecule has 2 aliphatic rings. The van der Waals surface area contributed by atoms with Gasteiger partial charge in [-0.3, -0.25) is 9.69 Å². The minimum absolute atomic E-state index is 0.124. The Kier molecular flexibility index (Phi) is 4.83. The smallest absolute Gasteiger partial charge is 0.273 e. The van der Waals surface area contributed by atoms with Crippen molar-refractivity contribution in [1.82, 2.24) is 15.4 Å². The molecule has 0 bridgehead atoms. The molecule has 5 heteroatoms. The first-order chi connectivity index (χ1) is 12.3. The molecule has 2 aromatic rings. The van der Waals surface area contributed by atoms with Crippen molar-refractivity contribution in [2.45, 2.75) is 50.6 Å². The second kappa shape index (κ2) is 7.40. The molecule has 2 heterocycles. The Morgan fingerprint density at radius 3 is 2.84 bits per heavy atom. The number of benzene rings is 1. The molecule has 1 amide bonds. The minimum Gasteiger partial charge on any atom is -0.360 e. The molecule has 1 saturated heterocycles. The molecule has 1 unspecified atom stereocenters. The molecular weight excluding hydrogens is 314 g/mol. The van der Waals surface area contributed by atoms with Crippen LogP contribution >= 0.6 is 0 Å². The highest BCUT2D eigenvalue weighted by Crippen LogP contribution is 2.40. The van der Waals surface area contributed by atoms with Crippen LogP contribution in [-0.2, 0) is 6.54 Å². The van der Waals surface area contributed by atoms with Gasteiger partial charge in [0.25, 0.3) is 5.91 Å². The second-order valence-corrected chi connectivity index (χ2v) is 7.20. The van der Waals surface area contributed by atoms with Gasteiger partial charge in [0.15, 0.2) is 5.69 Å². The van der Waals surface area contributed by atoms with Crippen molar-refractivity contribution in [3.05, 3.63) is 53.4 Å². The van der Waals surface area contributed by atoms with Crippen LogP contribution in [0.2, 0.25) is 0 Å². The van der Waals surface area contributed by atoms with Crippen LogP contribution < -0.4 is 5.32 Å². The number of nitrogens with one attached hydrogen (secondary N) is 1. The van der Waals surface area contributed by atoms with E-state index in [1.165, 1.54) is 18.4 Å². The SMILES string of the molecule is O=C(NCC1CCCCN1Cc1ccccc1)c1cc(C2CC2)on1. The molecule has 1 aliphatic carbocycles. The number of rotatable bonds is 6. The summed E-state index contributed by atoms with van der Waals surface area (Å²) in [5.41, 5.74) is 1.73. The molecule has 132 valence electrons. The van der Waals surface area contributed by atoms with Gasteiger partial charge in [-0.15, -0.1) is 0 Å². The first kappa shape index (κ1) is 16.3. The predicted octanol–water partition coefficient (Wildman–Crippen LogP) is 3.34. The minimum atomic E-state index is -0.124. The van der Waals surface area contributed by atoms with Crippen LogP contribution in [0.4, 0.5) is 0 Å². The van der Waals surface area contributed by atoms with Crippen LogP contribution in [0.3, 0.4) is 0 Å². The summed E-state index contributed by atoms with van der Waals surface area (Å²) in [6, 6.07) is 12.7. The number of hydrogen-bond acceptors (Lipinski definition) is 4. The van der Waals surface area contributed by atoms with Crippen molar-refractivity contribution in [3.8, 4) is 0 Å². The van der Waals surface area contributed by atoms with Crippen molar-refractivity contribution in [1.29, 1.82) is 0 Å². The molecule has 1 aromatic carbocycles. The first-order valence-corrected chi connectivity index (χ1v) is 9.32. The number of nitrogens with zero attached hydrogens (tertiary/aromatic N) is 2. The standard InChI is InChI=1S/C20H25N3O2/c24-20(18-12-19(25-22-18)16-9-10-16)21-13-17-8-4-5-11-23(17)14-15-6-2-1-3-7-15/h1-3,6-7,12,16-17H,4-5,8-11,13-14H2,(H,21,24). The highest BCUT2D eigenvalue weighted by molar-refractivity contribution is 5.92. The molecule has 1 atom stereocenters. The summed E-state index contributed by atoms with van der Waals surface area (Å²) >= 11 is 0. The molecule has 4 rings (SSSR count). The summed E-state index contributed by atoms with van der Waals surface area (Å²) in [5, 5.41) is 6.98. The van der Waals surface area contributed by atoms with Gasteiger partial charge in [0.05, 0.1) is 0 Å². The summed E-state index contributed by atoms with van der Waals surface area (Å²) in [7, 11) is 0. The van der Waals surface area contributed by atoms with Gasteiger partial charge in [0, 0.05) is 31.1 Å². The van der Waals surface area contributed by atoms with Crippen molar-refractivity contribution in [3.63, 3.8) is 0 Å². The Morgan fingerprint density at radius 2 is 2.04 bits per heavy atom. The fourth-order valence-electron chi connectivity index (χ4n) is 3.57. The summed E-state index contributed by atoms with van der Waals surface area (Å²) < 4.78 is 5.28. The molecule has 0 spiro atoms. The maximum atomic E-state index is 12.4. The largest absolute Gasteiger partial charge is 0.360 e. The zero-order valence-electron chi connectivity index (χ0n) is 14.5. The highest BCUT2D eigenvalue weighted by Gasteiger charge is 2.29. The number of amides is 1. The van der Waals surface area contributed by atoms with Crippen LogP contribution in [0.1, 0.15) is 59.8 Å². The molecule has 0 radical (unpaired) electrons. The number of carbonyl (C=O) groups excluding carboxylic acids is 1. The van der Waals surface area contributed by atoms with Crippen LogP contribution in [0.25, 0.3) is 0 Å². The van der Waals surface area contributed by atoms with Crippen LogP contribution in [0.15, 0.2) is 40.9 Å². The molecule has 25 heavy (non-hydrogen) atoms. The predicted molar refractivity (Wildman–Crippen MR) is 95.3 cm³/mol. The zero-order chi connectivity index (χ0) is 17.1. The first-order valence-electron chi connectivity index (χ1n) is 9.32. The lowest BCUT2D eigenvalue weighted by Gasteiger charge is -2.35. The Morgan fingerprint density at radius 1 is 1.20 bits per heavy atom. The Hall–Kier alpha value is -2.14. The number of likely N-dealkylation sites (tertiary alicyclic amines) is 1. The van der Waals surface area contributed by atoms with E-state index in [1.54, 1.807) is 6.07 Å². The third kappa shape index (κ3) is 4.10. The van der Waals surface area contributed by atoms with E-state index in [0.29, 0.717) is 24.2 Å². The molecule has 1 N–H and O–H groups in total. The molecule has 1 aromatic heterocycles. The summed E-state index contributed by atoms with van der Waals surface area (Å²) in [6.45, 7) is 2.69. The average molecular weight is 339 g/mol. The van der Waals surface area contributed by atoms with E-state index in [1.807, 2.05) is 6.07 Å². The zero-order valence-corrected chi connectivity index (χ0v) is 14.5. The molecule has 5 nitrogen and oxygen atoms in total. The van der Waals surface area contributed by atoms with Crippen molar-refractivity contribution >= 4 is 5.91 Å². The maximum Gasteiger partial charge on any atom is 0.273 e. The van der Waals surface area contributed by atoms with E-state index in [0.717, 1.165) is 38.1 Å². The number of hydrogen-bond donors (Lipinski definition) is 1. The van der Waals surface area contributed by atoms with Gasteiger partial charge < -0.3 is 9.84 Å². The van der Waals surface area contributed by atoms with Gasteiger partial charge in [-0.25, -0.2) is 0 Å². The van der Waals surface area contributed by atoms with Crippen molar-refractivity contribution < 1.29 is 9.32 Å². The molecular formula is C20H25N3O2. The van der Waals surface area contributed by atoms with Crippen molar-refractivity contribution in [2.75, 3.05) is 13.1 Å². The third-order valence-corrected chi connectivity index (χ3v) is 5.22. The molecule has 1 saturated carbocycles. The van der Waals surface area contributed by atoms with E-state index in [4.69, 9.17) is 4.52 Å². The Labute approximate surface area is 148 Å². The molecule has 1 aliphatic heterocycles. The Balaban J connectivity index is 1.33. The highest BCUT2D eigenvalue weighted by atomic mass is 16.5. The monoisotopic (exact) mass is 339 g/mol. The van der Waals surface area contributed by atoms with Crippen LogP contribution in [-0.4, -0.2) is 35.1 Å². The van der Waals surface area contributed by atoms with Crippen LogP contribution in [0.5, 0.6) is 0 Å². The van der Waals surface area contributed by atoms with Gasteiger partial charge in [0.2, 0.25) is 0 Å². The number of carbonyl (C=O) groups is 1. The fraction of sp³-hybridized carbons (Fsp3) is 0.500. The van der Waals surface area contributed by atoms with E-state index in [-0.39, 0.29) is 5.91 Å². The lowest BCUT2D eigenvalue weighted by atomic mass is 10.0.